The molecule has 0 spiro atoms. The number of carboxylic acid groups (broad SMARTS) is 2. The Labute approximate surface area is 223 Å². The number of carboxylic acids is 2. The maximum absolute atomic E-state index is 10.1. The molecule has 0 aromatic carbocycles. The zero-order valence-corrected chi connectivity index (χ0v) is 21.5. The number of halogens is 1. The molecule has 0 aliphatic rings. The minimum absolute atomic E-state index is 0. The Morgan fingerprint density at radius 3 is 1.31 bits per heavy atom. The standard InChI is InChI=1S/C5H9BrO2.C5H10N2O4.C5H9NO5.Ag.HNO3/c6-4-2-1-3-5(7)8;6-5(8)3-1-2-4-11-7(9)10;7-5(8)3-1-2-4-11-6(9)10;;2-1(3)4/h1-4H2,(H,7,8);1-4H2,(H2,6,8);1-4H2,(H,7,8);;(H,2,3,4). The zero-order chi connectivity index (χ0) is 27.4. The predicted molar refractivity (Wildman–Crippen MR) is 114 cm³/mol. The number of nitrogens with zero attached hydrogens (tertiary/aromatic N) is 3. The van der Waals surface area contributed by atoms with E-state index in [1.165, 1.54) is 0 Å². The Balaban J connectivity index is -0.000000119. The molecule has 0 heterocycles. The number of carbonyl (C=O) groups is 3. The van der Waals surface area contributed by atoms with Crippen LogP contribution in [0.3, 0.4) is 0 Å². The molecule has 211 valence electrons. The van der Waals surface area contributed by atoms with Crippen LogP contribution in [-0.4, -0.2) is 67.1 Å². The van der Waals surface area contributed by atoms with Crippen molar-refractivity contribution in [2.45, 2.75) is 57.8 Å². The number of amides is 1. The quantitative estimate of drug-likeness (QED) is 0.0593. The van der Waals surface area contributed by atoms with Gasteiger partial charge in [-0.1, -0.05) is 15.9 Å². The smallest absolute Gasteiger partial charge is 0.303 e. The summed E-state index contributed by atoms with van der Waals surface area (Å²) in [6, 6.07) is 0. The van der Waals surface area contributed by atoms with Crippen molar-refractivity contribution in [3.05, 3.63) is 30.3 Å². The van der Waals surface area contributed by atoms with Crippen molar-refractivity contribution in [2.75, 3.05) is 18.5 Å². The van der Waals surface area contributed by atoms with E-state index < -0.39 is 33.1 Å². The Kier molecular flexibility index (Phi) is 40.5. The summed E-state index contributed by atoms with van der Waals surface area (Å²) < 4.78 is 0. The summed E-state index contributed by atoms with van der Waals surface area (Å²) in [7, 11) is 0. The van der Waals surface area contributed by atoms with Crippen LogP contribution < -0.4 is 5.73 Å². The van der Waals surface area contributed by atoms with Gasteiger partial charge in [0, 0.05) is 47.0 Å². The van der Waals surface area contributed by atoms with Crippen molar-refractivity contribution in [1.82, 2.24) is 0 Å². The molecule has 35 heavy (non-hydrogen) atoms. The van der Waals surface area contributed by atoms with Crippen molar-refractivity contribution < 1.29 is 77.1 Å². The molecule has 0 aliphatic carbocycles. The zero-order valence-electron chi connectivity index (χ0n) is 18.4. The fraction of sp³-hybridized carbons (Fsp3) is 0.800. The number of carbonyl (C=O) groups excluding carboxylic acids is 1. The summed E-state index contributed by atoms with van der Waals surface area (Å²) >= 11 is 3.21. The Bertz CT molecular complexity index is 530. The van der Waals surface area contributed by atoms with Gasteiger partial charge in [-0.2, -0.15) is 0 Å². The van der Waals surface area contributed by atoms with Crippen LogP contribution in [-0.2, 0) is 46.4 Å². The van der Waals surface area contributed by atoms with Gasteiger partial charge in [0.2, 0.25) is 5.91 Å². The van der Waals surface area contributed by atoms with Crippen molar-refractivity contribution >= 4 is 33.8 Å². The number of unbranched alkanes of at least 4 members (excludes halogenated alkanes) is 3. The molecule has 1 radical (unpaired) electrons. The maximum Gasteiger partial charge on any atom is 0.303 e. The first kappa shape index (κ1) is 42.4. The molecular weight excluding hydrogens is 648 g/mol. The van der Waals surface area contributed by atoms with Crippen LogP contribution in [0.4, 0.5) is 0 Å². The summed E-state index contributed by atoms with van der Waals surface area (Å²) in [6.45, 7) is 0.000556. The third-order valence-corrected chi connectivity index (χ3v) is 3.33. The summed E-state index contributed by atoms with van der Waals surface area (Å²) in [6.07, 6.45) is 4.12. The molecule has 20 heteroatoms. The third kappa shape index (κ3) is 80.3. The van der Waals surface area contributed by atoms with Crippen molar-refractivity contribution in [1.29, 1.82) is 0 Å². The predicted octanol–water partition coefficient (Wildman–Crippen LogP) is 1.59. The second-order valence-corrected chi connectivity index (χ2v) is 6.46. The van der Waals surface area contributed by atoms with Gasteiger partial charge in [0.15, 0.2) is 0 Å². The molecule has 0 aromatic heterocycles. The van der Waals surface area contributed by atoms with Gasteiger partial charge < -0.3 is 30.8 Å². The van der Waals surface area contributed by atoms with Crippen LogP contribution in [0.1, 0.15) is 57.8 Å². The van der Waals surface area contributed by atoms with Crippen LogP contribution in [0.25, 0.3) is 0 Å². The number of alkyl halides is 1. The van der Waals surface area contributed by atoms with Gasteiger partial charge >= 0.3 is 11.9 Å². The van der Waals surface area contributed by atoms with E-state index >= 15 is 0 Å². The Morgan fingerprint density at radius 1 is 0.743 bits per heavy atom. The van der Waals surface area contributed by atoms with E-state index in [1.54, 1.807) is 0 Å². The molecule has 0 saturated carbocycles. The van der Waals surface area contributed by atoms with E-state index in [-0.39, 0.29) is 48.4 Å². The molecule has 0 aromatic rings. The summed E-state index contributed by atoms with van der Waals surface area (Å²) in [5, 5.41) is 48.2. The molecule has 0 bridgehead atoms. The molecule has 5 N–H and O–H groups in total. The molecule has 0 unspecified atom stereocenters. The van der Waals surface area contributed by atoms with E-state index in [0.717, 1.165) is 18.2 Å². The summed E-state index contributed by atoms with van der Waals surface area (Å²) in [5.74, 6) is -2.00. The van der Waals surface area contributed by atoms with Crippen molar-refractivity contribution in [3.63, 3.8) is 0 Å². The SMILES string of the molecule is NC(=O)CCCCO[N+](=O)[O-].O=C(O)CCCCBr.O=C(O)CCCCO[N+](=O)[O-].O=[N+]([O-])O.[Ag]. The van der Waals surface area contributed by atoms with E-state index in [2.05, 4.69) is 25.6 Å². The van der Waals surface area contributed by atoms with Gasteiger partial charge in [0.05, 0.1) is 13.2 Å². The number of aliphatic carboxylic acids is 2. The van der Waals surface area contributed by atoms with Crippen molar-refractivity contribution in [3.8, 4) is 0 Å². The van der Waals surface area contributed by atoms with E-state index in [4.69, 9.17) is 31.3 Å². The average molecular weight is 677 g/mol. The molecular formula is C15H29AgBrN4O14. The van der Waals surface area contributed by atoms with Crippen LogP contribution in [0.5, 0.6) is 0 Å². The van der Waals surface area contributed by atoms with Gasteiger partial charge in [-0.15, -0.1) is 30.3 Å². The number of hydrogen-bond donors (Lipinski definition) is 4. The minimum Gasteiger partial charge on any atom is -0.481 e. The molecule has 18 nitrogen and oxygen atoms in total. The van der Waals surface area contributed by atoms with Crippen LogP contribution in [0, 0.1) is 30.3 Å². The minimum atomic E-state index is -1.50. The van der Waals surface area contributed by atoms with Crippen molar-refractivity contribution in [2.24, 2.45) is 5.73 Å². The maximum atomic E-state index is 10.1. The van der Waals surface area contributed by atoms with Gasteiger partial charge in [-0.3, -0.25) is 14.4 Å². The Hall–Kier alpha value is -2.77. The number of rotatable bonds is 16. The topological polar surface area (TPSA) is 286 Å². The fourth-order valence-corrected chi connectivity index (χ4v) is 1.82. The molecule has 0 saturated heterocycles. The normalized spacial score (nSPS) is 8.49. The number of primary amides is 1. The summed E-state index contributed by atoms with van der Waals surface area (Å²) in [5.41, 5.74) is 4.82. The fourth-order valence-electron chi connectivity index (χ4n) is 1.43. The first-order valence-corrected chi connectivity index (χ1v) is 10.5. The van der Waals surface area contributed by atoms with Crippen LogP contribution >= 0.6 is 15.9 Å². The Morgan fingerprint density at radius 2 is 1.06 bits per heavy atom. The molecule has 0 fully saturated rings. The van der Waals surface area contributed by atoms with Gasteiger partial charge in [0.1, 0.15) is 0 Å². The largest absolute Gasteiger partial charge is 0.481 e. The number of nitrogens with two attached hydrogens (primary N) is 1. The van der Waals surface area contributed by atoms with Crippen LogP contribution in [0.15, 0.2) is 0 Å². The van der Waals surface area contributed by atoms with E-state index in [9.17, 15) is 34.6 Å². The monoisotopic (exact) mass is 675 g/mol. The first-order chi connectivity index (χ1) is 15.8. The molecule has 0 rings (SSSR count). The number of hydrogen-bond acceptors (Lipinski definition) is 11. The molecule has 1 amide bonds. The second kappa shape index (κ2) is 33.4. The average Bonchev–Trinajstić information content (AvgIpc) is 2.67. The second-order valence-electron chi connectivity index (χ2n) is 5.67. The van der Waals surface area contributed by atoms with E-state index in [1.807, 2.05) is 0 Å². The molecule has 0 aliphatic heterocycles. The van der Waals surface area contributed by atoms with E-state index in [0.29, 0.717) is 32.1 Å². The third-order valence-electron chi connectivity index (χ3n) is 2.77. The van der Waals surface area contributed by atoms with Gasteiger partial charge in [-0.25, -0.2) is 0 Å². The van der Waals surface area contributed by atoms with Gasteiger partial charge in [-0.05, 0) is 38.5 Å². The summed E-state index contributed by atoms with van der Waals surface area (Å²) in [4.78, 5) is 65.4. The first-order valence-electron chi connectivity index (χ1n) is 9.41. The molecule has 0 atom stereocenters. The van der Waals surface area contributed by atoms with Gasteiger partial charge in [0.25, 0.3) is 15.3 Å². The van der Waals surface area contributed by atoms with Crippen LogP contribution in [0.2, 0.25) is 0 Å².